The van der Waals surface area contributed by atoms with Crippen LogP contribution in [0.2, 0.25) is 0 Å². The molecule has 3 N–H and O–H groups in total. The van der Waals surface area contributed by atoms with Crippen molar-refractivity contribution in [2.24, 2.45) is 5.73 Å². The molecule has 0 aliphatic carbocycles. The van der Waals surface area contributed by atoms with Gasteiger partial charge in [0, 0.05) is 36.3 Å². The summed E-state index contributed by atoms with van der Waals surface area (Å²) in [6.45, 7) is 3.88. The summed E-state index contributed by atoms with van der Waals surface area (Å²) >= 11 is 0. The lowest BCUT2D eigenvalue weighted by atomic mass is 10.0. The second-order valence-corrected chi connectivity index (χ2v) is 8.08. The Hall–Kier alpha value is -4.07. The van der Waals surface area contributed by atoms with Gasteiger partial charge in [-0.2, -0.15) is 0 Å². The van der Waals surface area contributed by atoms with Gasteiger partial charge in [0.2, 0.25) is 0 Å². The number of primary amides is 1. The number of fused-ring (bicyclic) bond motifs is 1. The number of aromatic nitrogens is 3. The molecule has 2 aromatic carbocycles. The first kappa shape index (κ1) is 20.8. The molecule has 7 nitrogen and oxygen atoms in total. The topological polar surface area (TPSA) is 88.7 Å². The average molecular weight is 445 g/mol. The van der Waals surface area contributed by atoms with E-state index in [1.807, 2.05) is 19.2 Å². The van der Waals surface area contributed by atoms with Crippen LogP contribution in [0.4, 0.5) is 4.39 Å². The molecule has 0 spiro atoms. The Morgan fingerprint density at radius 2 is 2.03 bits per heavy atom. The predicted molar refractivity (Wildman–Crippen MR) is 124 cm³/mol. The number of aromatic amines is 1. The Morgan fingerprint density at radius 1 is 1.24 bits per heavy atom. The molecule has 2 aromatic heterocycles. The standard InChI is InChI=1S/C25H24FN5O2/c1-2-12-30-13-11-17(15-30)19-14-28-31-23(24(27)32)22(29-25(19)31)16-7-9-18(10-8-16)33-21-6-4-3-5-20(21)26/h2-10,12,14,17,28H,11,13,15H2,1H3,(H2,27,32). The van der Waals surface area contributed by atoms with Gasteiger partial charge in [-0.05, 0) is 55.9 Å². The number of allylic oxidation sites excluding steroid dienone is 1. The number of rotatable bonds is 6. The molecule has 1 fully saturated rings. The number of nitrogens with one attached hydrogen (secondary N) is 1. The maximum Gasteiger partial charge on any atom is 0.269 e. The van der Waals surface area contributed by atoms with E-state index in [9.17, 15) is 9.18 Å². The monoisotopic (exact) mass is 445 g/mol. The zero-order valence-corrected chi connectivity index (χ0v) is 18.2. The van der Waals surface area contributed by atoms with Crippen LogP contribution in [0.25, 0.3) is 16.9 Å². The fourth-order valence-corrected chi connectivity index (χ4v) is 4.39. The molecule has 1 aliphatic rings. The summed E-state index contributed by atoms with van der Waals surface area (Å²) in [4.78, 5) is 19.4. The third-order valence-electron chi connectivity index (χ3n) is 5.93. The molecular formula is C25H24FN5O2. The fraction of sp³-hybridized carbons (Fsp3) is 0.200. The number of hydrogen-bond donors (Lipinski definition) is 2. The summed E-state index contributed by atoms with van der Waals surface area (Å²) in [5.41, 5.74) is 9.01. The van der Waals surface area contributed by atoms with E-state index >= 15 is 0 Å². The number of likely N-dealkylation sites (tertiary alicyclic amines) is 1. The van der Waals surface area contributed by atoms with Gasteiger partial charge in [0.1, 0.15) is 11.4 Å². The summed E-state index contributed by atoms with van der Waals surface area (Å²) in [7, 11) is 0. The van der Waals surface area contributed by atoms with Crippen molar-refractivity contribution in [2.75, 3.05) is 13.1 Å². The Bertz CT molecular complexity index is 1340. The first-order valence-corrected chi connectivity index (χ1v) is 10.8. The van der Waals surface area contributed by atoms with E-state index in [1.165, 1.54) is 6.07 Å². The molecular weight excluding hydrogens is 421 g/mol. The van der Waals surface area contributed by atoms with Crippen LogP contribution < -0.4 is 10.5 Å². The molecule has 33 heavy (non-hydrogen) atoms. The summed E-state index contributed by atoms with van der Waals surface area (Å²) in [5, 5.41) is 3.15. The van der Waals surface area contributed by atoms with Gasteiger partial charge in [-0.15, -0.1) is 0 Å². The number of nitrogens with two attached hydrogens (primary N) is 1. The Morgan fingerprint density at radius 3 is 2.76 bits per heavy atom. The van der Waals surface area contributed by atoms with Gasteiger partial charge < -0.3 is 15.4 Å². The number of benzene rings is 2. The Kier molecular flexibility index (Phi) is 5.34. The van der Waals surface area contributed by atoms with Crippen LogP contribution in [0.5, 0.6) is 11.5 Å². The van der Waals surface area contributed by atoms with E-state index < -0.39 is 11.7 Å². The summed E-state index contributed by atoms with van der Waals surface area (Å²) in [6, 6.07) is 13.2. The van der Waals surface area contributed by atoms with Crippen molar-refractivity contribution in [2.45, 2.75) is 19.3 Å². The van der Waals surface area contributed by atoms with Crippen molar-refractivity contribution in [3.63, 3.8) is 0 Å². The van der Waals surface area contributed by atoms with Crippen LogP contribution in [-0.2, 0) is 0 Å². The number of halogens is 1. The molecule has 0 saturated carbocycles. The predicted octanol–water partition coefficient (Wildman–Crippen LogP) is 4.68. The van der Waals surface area contributed by atoms with Crippen molar-refractivity contribution in [1.29, 1.82) is 0 Å². The molecule has 8 heteroatoms. The second-order valence-electron chi connectivity index (χ2n) is 8.08. The quantitative estimate of drug-likeness (QED) is 0.451. The zero-order chi connectivity index (χ0) is 22.9. The highest BCUT2D eigenvalue weighted by Gasteiger charge is 2.28. The van der Waals surface area contributed by atoms with Gasteiger partial charge in [-0.25, -0.2) is 13.9 Å². The highest BCUT2D eigenvalue weighted by atomic mass is 19.1. The lowest BCUT2D eigenvalue weighted by molar-refractivity contribution is 0.0994. The van der Waals surface area contributed by atoms with Crippen molar-refractivity contribution in [3.8, 4) is 22.8 Å². The fourth-order valence-electron chi connectivity index (χ4n) is 4.39. The smallest absolute Gasteiger partial charge is 0.269 e. The van der Waals surface area contributed by atoms with Crippen LogP contribution >= 0.6 is 0 Å². The number of para-hydroxylation sites is 1. The van der Waals surface area contributed by atoms with Crippen LogP contribution in [0.15, 0.2) is 67.0 Å². The van der Waals surface area contributed by atoms with Crippen LogP contribution in [0, 0.1) is 5.82 Å². The van der Waals surface area contributed by atoms with Crippen molar-refractivity contribution >= 4 is 11.6 Å². The molecule has 0 radical (unpaired) electrons. The third-order valence-corrected chi connectivity index (χ3v) is 5.93. The normalized spacial score (nSPS) is 16.2. The van der Waals surface area contributed by atoms with Crippen LogP contribution in [0.3, 0.4) is 0 Å². The second kappa shape index (κ2) is 8.46. The van der Waals surface area contributed by atoms with Gasteiger partial charge in [-0.3, -0.25) is 9.89 Å². The van der Waals surface area contributed by atoms with E-state index in [4.69, 9.17) is 15.5 Å². The molecule has 1 aliphatic heterocycles. The number of hydrogen-bond acceptors (Lipinski definition) is 4. The summed E-state index contributed by atoms with van der Waals surface area (Å²) in [6.07, 6.45) is 7.05. The highest BCUT2D eigenvalue weighted by molar-refractivity contribution is 5.98. The minimum atomic E-state index is -0.570. The summed E-state index contributed by atoms with van der Waals surface area (Å²) < 4.78 is 21.2. The largest absolute Gasteiger partial charge is 0.454 e. The molecule has 168 valence electrons. The molecule has 1 atom stereocenters. The van der Waals surface area contributed by atoms with E-state index in [2.05, 4.69) is 16.2 Å². The number of carbonyl (C=O) groups excluding carboxylic acids is 1. The maximum atomic E-state index is 13.9. The van der Waals surface area contributed by atoms with Gasteiger partial charge >= 0.3 is 0 Å². The lowest BCUT2D eigenvalue weighted by Gasteiger charge is -2.11. The van der Waals surface area contributed by atoms with E-state index in [0.29, 0.717) is 28.7 Å². The zero-order valence-electron chi connectivity index (χ0n) is 18.2. The molecule has 5 rings (SSSR count). The first-order valence-electron chi connectivity index (χ1n) is 10.8. The van der Waals surface area contributed by atoms with E-state index in [1.54, 1.807) is 47.0 Å². The average Bonchev–Trinajstić information content (AvgIpc) is 3.51. The number of nitrogens with zero attached hydrogens (tertiary/aromatic N) is 3. The van der Waals surface area contributed by atoms with Gasteiger partial charge in [-0.1, -0.05) is 18.2 Å². The van der Waals surface area contributed by atoms with Gasteiger partial charge in [0.25, 0.3) is 5.91 Å². The SMILES string of the molecule is CC=CN1CCC(c2c[nH]n3c(C(N)=O)c(-c4ccc(Oc5ccccc5F)cc4)nc23)C1. The van der Waals surface area contributed by atoms with E-state index in [-0.39, 0.29) is 5.75 Å². The molecule has 3 heterocycles. The lowest BCUT2D eigenvalue weighted by Crippen LogP contribution is -2.15. The third kappa shape index (κ3) is 3.84. The molecule has 1 unspecified atom stereocenters. The highest BCUT2D eigenvalue weighted by Crippen LogP contribution is 2.34. The van der Waals surface area contributed by atoms with Gasteiger partial charge in [0.05, 0.1) is 0 Å². The maximum absolute atomic E-state index is 13.9. The van der Waals surface area contributed by atoms with Crippen LogP contribution in [0.1, 0.15) is 35.3 Å². The Balaban J connectivity index is 1.48. The van der Waals surface area contributed by atoms with Crippen molar-refractivity contribution in [3.05, 3.63) is 84.1 Å². The number of H-pyrrole nitrogens is 1. The number of ether oxygens (including phenoxy) is 1. The van der Waals surface area contributed by atoms with Crippen molar-refractivity contribution < 1.29 is 13.9 Å². The summed E-state index contributed by atoms with van der Waals surface area (Å²) in [5.74, 6) is -0.0769. The van der Waals surface area contributed by atoms with Gasteiger partial charge in [0.15, 0.2) is 22.9 Å². The minimum Gasteiger partial charge on any atom is -0.454 e. The number of carbonyl (C=O) groups is 1. The first-order chi connectivity index (χ1) is 16.0. The Labute approximate surface area is 190 Å². The van der Waals surface area contributed by atoms with E-state index in [0.717, 1.165) is 30.6 Å². The molecule has 1 amide bonds. The molecule has 4 aromatic rings. The molecule has 1 saturated heterocycles. The number of amides is 1. The molecule has 0 bridgehead atoms. The number of imidazole rings is 1. The minimum absolute atomic E-state index is 0.145. The van der Waals surface area contributed by atoms with Crippen LogP contribution in [-0.4, -0.2) is 38.5 Å². The van der Waals surface area contributed by atoms with Crippen molar-refractivity contribution in [1.82, 2.24) is 19.5 Å².